The van der Waals surface area contributed by atoms with E-state index >= 15 is 0 Å². The highest BCUT2D eigenvalue weighted by Crippen LogP contribution is 2.25. The number of aromatic nitrogens is 2. The third kappa shape index (κ3) is 4.19. The van der Waals surface area contributed by atoms with E-state index in [2.05, 4.69) is 15.3 Å². The Labute approximate surface area is 139 Å². The van der Waals surface area contributed by atoms with E-state index in [1.54, 1.807) is 16.7 Å². The van der Waals surface area contributed by atoms with Gasteiger partial charge in [0, 0.05) is 45.6 Å². The predicted molar refractivity (Wildman–Crippen MR) is 91.4 cm³/mol. The van der Waals surface area contributed by atoms with Crippen molar-refractivity contribution in [2.24, 2.45) is 5.92 Å². The summed E-state index contributed by atoms with van der Waals surface area (Å²) in [5, 5.41) is 3.05. The van der Waals surface area contributed by atoms with Gasteiger partial charge in [-0.1, -0.05) is 13.8 Å². The molecule has 23 heavy (non-hydrogen) atoms. The van der Waals surface area contributed by atoms with Crippen LogP contribution in [0.5, 0.6) is 0 Å². The maximum Gasteiger partial charge on any atom is 0.281 e. The zero-order valence-electron chi connectivity index (χ0n) is 14.2. The minimum atomic E-state index is -3.35. The predicted octanol–water partition coefficient (Wildman–Crippen LogP) is 1.36. The van der Waals surface area contributed by atoms with Gasteiger partial charge in [-0.05, 0) is 25.2 Å². The number of hydrogen-bond acceptors (Lipinski definition) is 5. The van der Waals surface area contributed by atoms with Gasteiger partial charge in [0.05, 0.1) is 5.69 Å². The normalized spacial score (nSPS) is 19.9. The van der Waals surface area contributed by atoms with Crippen molar-refractivity contribution in [2.75, 3.05) is 38.5 Å². The van der Waals surface area contributed by atoms with E-state index in [4.69, 9.17) is 0 Å². The Morgan fingerprint density at radius 2 is 2.00 bits per heavy atom. The van der Waals surface area contributed by atoms with E-state index in [0.29, 0.717) is 26.2 Å². The van der Waals surface area contributed by atoms with E-state index in [1.165, 1.54) is 4.31 Å². The van der Waals surface area contributed by atoms with Gasteiger partial charge in [0.2, 0.25) is 0 Å². The second kappa shape index (κ2) is 8.03. The Hall–Kier alpha value is -1.25. The summed E-state index contributed by atoms with van der Waals surface area (Å²) in [4.78, 5) is 8.67. The number of anilines is 1. The topological polar surface area (TPSA) is 78.4 Å². The van der Waals surface area contributed by atoms with Crippen molar-refractivity contribution < 1.29 is 8.42 Å². The summed E-state index contributed by atoms with van der Waals surface area (Å²) in [6, 6.07) is 0. The average Bonchev–Trinajstić information content (AvgIpc) is 2.56. The molecule has 1 aromatic rings. The van der Waals surface area contributed by atoms with Crippen molar-refractivity contribution in [3.8, 4) is 0 Å². The molecule has 1 fully saturated rings. The number of nitrogens with one attached hydrogen (secondary N) is 1. The van der Waals surface area contributed by atoms with Crippen molar-refractivity contribution >= 4 is 16.0 Å². The highest BCUT2D eigenvalue weighted by atomic mass is 32.2. The van der Waals surface area contributed by atoms with Gasteiger partial charge in [0.15, 0.2) is 0 Å². The fraction of sp³-hybridized carbons (Fsp3) is 0.733. The Balaban J connectivity index is 2.09. The third-order valence-electron chi connectivity index (χ3n) is 4.33. The minimum Gasteiger partial charge on any atom is -0.372 e. The molecule has 1 aliphatic rings. The molecule has 130 valence electrons. The van der Waals surface area contributed by atoms with Gasteiger partial charge in [-0.2, -0.15) is 17.0 Å². The van der Waals surface area contributed by atoms with Crippen LogP contribution in [0.1, 0.15) is 32.4 Å². The molecule has 0 radical (unpaired) electrons. The second-order valence-electron chi connectivity index (χ2n) is 5.76. The summed E-state index contributed by atoms with van der Waals surface area (Å²) in [5.74, 6) is 1.05. The van der Waals surface area contributed by atoms with E-state index < -0.39 is 10.2 Å². The summed E-state index contributed by atoms with van der Waals surface area (Å²) < 4.78 is 28.5. The number of rotatable bonds is 7. The Kier molecular flexibility index (Phi) is 6.32. The molecular weight excluding hydrogens is 314 g/mol. The molecule has 7 nitrogen and oxygen atoms in total. The van der Waals surface area contributed by atoms with E-state index in [0.717, 1.165) is 30.8 Å². The van der Waals surface area contributed by atoms with Crippen LogP contribution in [-0.4, -0.2) is 60.2 Å². The van der Waals surface area contributed by atoms with Gasteiger partial charge in [-0.25, -0.2) is 4.98 Å². The Bertz CT molecular complexity index is 604. The van der Waals surface area contributed by atoms with Crippen molar-refractivity contribution in [1.82, 2.24) is 18.6 Å². The van der Waals surface area contributed by atoms with Crippen molar-refractivity contribution in [1.29, 1.82) is 0 Å². The fourth-order valence-corrected chi connectivity index (χ4v) is 4.85. The molecule has 0 aliphatic carbocycles. The maximum atomic E-state index is 12.7. The van der Waals surface area contributed by atoms with Crippen LogP contribution >= 0.6 is 0 Å². The van der Waals surface area contributed by atoms with Crippen LogP contribution in [0.3, 0.4) is 0 Å². The Morgan fingerprint density at radius 3 is 2.65 bits per heavy atom. The minimum absolute atomic E-state index is 0.276. The lowest BCUT2D eigenvalue weighted by Gasteiger charge is -2.35. The highest BCUT2D eigenvalue weighted by molar-refractivity contribution is 7.86. The monoisotopic (exact) mass is 341 g/mol. The molecule has 1 N–H and O–H groups in total. The highest BCUT2D eigenvalue weighted by Gasteiger charge is 2.32. The molecule has 0 amide bonds. The molecule has 0 unspecified atom stereocenters. The first-order chi connectivity index (χ1) is 11.0. The largest absolute Gasteiger partial charge is 0.372 e. The summed E-state index contributed by atoms with van der Waals surface area (Å²) in [7, 11) is -1.53. The third-order valence-corrected chi connectivity index (χ3v) is 6.49. The first-order valence-corrected chi connectivity index (χ1v) is 9.65. The van der Waals surface area contributed by atoms with Crippen molar-refractivity contribution in [3.05, 3.63) is 18.1 Å². The van der Waals surface area contributed by atoms with Crippen LogP contribution in [-0.2, 0) is 16.6 Å². The lowest BCUT2D eigenvalue weighted by atomic mass is 9.94. The summed E-state index contributed by atoms with van der Waals surface area (Å²) in [6.07, 6.45) is 6.00. The molecule has 8 heteroatoms. The molecule has 1 atom stereocenters. The van der Waals surface area contributed by atoms with Crippen LogP contribution in [0.15, 0.2) is 12.4 Å². The number of hydrogen-bond donors (Lipinski definition) is 1. The summed E-state index contributed by atoms with van der Waals surface area (Å²) >= 11 is 0. The molecule has 0 saturated carbocycles. The van der Waals surface area contributed by atoms with Crippen LogP contribution in [0.25, 0.3) is 0 Å². The van der Waals surface area contributed by atoms with Gasteiger partial charge in [-0.15, -0.1) is 0 Å². The Morgan fingerprint density at radius 1 is 1.30 bits per heavy atom. The first kappa shape index (κ1) is 18.1. The van der Waals surface area contributed by atoms with Gasteiger partial charge in [0.25, 0.3) is 10.2 Å². The van der Waals surface area contributed by atoms with Gasteiger partial charge < -0.3 is 5.32 Å². The van der Waals surface area contributed by atoms with Gasteiger partial charge >= 0.3 is 0 Å². The molecule has 0 aromatic carbocycles. The van der Waals surface area contributed by atoms with E-state index in [9.17, 15) is 8.42 Å². The molecule has 1 saturated heterocycles. The summed E-state index contributed by atoms with van der Waals surface area (Å²) in [6.45, 7) is 5.93. The fourth-order valence-electron chi connectivity index (χ4n) is 3.11. The molecule has 2 heterocycles. The molecule has 0 spiro atoms. The SMILES string of the molecule is CCN(CC)S(=O)(=O)N1CCC[C@@H](Cc2nccnc2NC)C1. The molecule has 1 aliphatic heterocycles. The lowest BCUT2D eigenvalue weighted by molar-refractivity contribution is 0.247. The zero-order chi connectivity index (χ0) is 16.9. The van der Waals surface area contributed by atoms with Crippen LogP contribution in [0.2, 0.25) is 0 Å². The summed E-state index contributed by atoms with van der Waals surface area (Å²) in [5.41, 5.74) is 0.905. The lowest BCUT2D eigenvalue weighted by Crippen LogP contribution is -2.48. The van der Waals surface area contributed by atoms with Gasteiger partial charge in [-0.3, -0.25) is 4.98 Å². The standard InChI is InChI=1S/C15H27N5O2S/c1-4-19(5-2)23(21,22)20-10-6-7-13(12-20)11-14-15(16-3)18-9-8-17-14/h8-9,13H,4-7,10-12H2,1-3H3,(H,16,18)/t13-/m0/s1. The second-order valence-corrected chi connectivity index (χ2v) is 7.69. The molecular formula is C15H27N5O2S. The molecule has 1 aromatic heterocycles. The maximum absolute atomic E-state index is 12.7. The van der Waals surface area contributed by atoms with Gasteiger partial charge in [0.1, 0.15) is 5.82 Å². The molecule has 2 rings (SSSR count). The number of piperidine rings is 1. The first-order valence-electron chi connectivity index (χ1n) is 8.25. The van der Waals surface area contributed by atoms with Crippen LogP contribution in [0.4, 0.5) is 5.82 Å². The van der Waals surface area contributed by atoms with E-state index in [1.807, 2.05) is 20.9 Å². The smallest absolute Gasteiger partial charge is 0.281 e. The van der Waals surface area contributed by atoms with Crippen LogP contribution in [0, 0.1) is 5.92 Å². The van der Waals surface area contributed by atoms with E-state index in [-0.39, 0.29) is 5.92 Å². The van der Waals surface area contributed by atoms with Crippen LogP contribution < -0.4 is 5.32 Å². The quantitative estimate of drug-likeness (QED) is 0.810. The van der Waals surface area contributed by atoms with Crippen molar-refractivity contribution in [2.45, 2.75) is 33.1 Å². The van der Waals surface area contributed by atoms with Crippen molar-refractivity contribution in [3.63, 3.8) is 0 Å². The molecule has 0 bridgehead atoms. The number of nitrogens with zero attached hydrogens (tertiary/aromatic N) is 4. The zero-order valence-corrected chi connectivity index (χ0v) is 15.0. The average molecular weight is 341 g/mol.